The number of anilines is 6. The highest BCUT2D eigenvalue weighted by molar-refractivity contribution is 6.10. The van der Waals surface area contributed by atoms with Crippen molar-refractivity contribution in [2.24, 2.45) is 0 Å². The number of para-hydroxylation sites is 4. The molecule has 0 aromatic heterocycles. The Labute approximate surface area is 366 Å². The molecule has 0 bridgehead atoms. The first-order valence-corrected chi connectivity index (χ1v) is 21.8. The monoisotopic (exact) mass is 796 g/mol. The van der Waals surface area contributed by atoms with Crippen LogP contribution in [0, 0.1) is 0 Å². The molecule has 2 heteroatoms. The Morgan fingerprint density at radius 3 is 0.839 bits per heavy atom. The van der Waals surface area contributed by atoms with Gasteiger partial charge in [0.2, 0.25) is 0 Å². The highest BCUT2D eigenvalue weighted by atomic mass is 15.1. The minimum absolute atomic E-state index is 0.329. The van der Waals surface area contributed by atoms with Crippen LogP contribution in [0.3, 0.4) is 0 Å². The van der Waals surface area contributed by atoms with E-state index in [4.69, 9.17) is 0 Å². The first-order valence-electron chi connectivity index (χ1n) is 21.8. The van der Waals surface area contributed by atoms with E-state index in [9.17, 15) is 0 Å². The molecule has 0 unspecified atom stereocenters. The number of fused-ring (bicyclic) bond motifs is 7. The van der Waals surface area contributed by atoms with Gasteiger partial charge in [-0.15, -0.1) is 0 Å². The summed E-state index contributed by atoms with van der Waals surface area (Å²) < 4.78 is 0. The third-order valence-corrected chi connectivity index (χ3v) is 13.3. The van der Waals surface area contributed by atoms with Crippen molar-refractivity contribution in [1.82, 2.24) is 0 Å². The number of nitrogens with zero attached hydrogens (tertiary/aromatic N) is 2. The van der Waals surface area contributed by atoms with Crippen molar-refractivity contribution in [3.05, 3.63) is 241 Å². The Morgan fingerprint density at radius 1 is 0.274 bits per heavy atom. The molecule has 0 spiro atoms. The lowest BCUT2D eigenvalue weighted by Crippen LogP contribution is -2.25. The topological polar surface area (TPSA) is 6.48 Å². The Kier molecular flexibility index (Phi) is 8.87. The SMILES string of the molecule is CC1(C)c2cc(N(c3ccccc3)c3ccccc3)ccc2-c2c(-c3ccccc3)c(-c3ccccc3)c3c(c21)C(C)(C)c1cc(N(c2ccccc2)c2ccccc2)ccc1-3. The van der Waals surface area contributed by atoms with Crippen molar-refractivity contribution in [2.75, 3.05) is 9.80 Å². The normalized spacial score (nSPS) is 13.7. The van der Waals surface area contributed by atoms with Crippen molar-refractivity contribution >= 4 is 34.1 Å². The summed E-state index contributed by atoms with van der Waals surface area (Å²) in [6, 6.07) is 79.8. The number of benzene rings is 9. The van der Waals surface area contributed by atoms with Gasteiger partial charge in [0, 0.05) is 45.0 Å². The highest BCUT2D eigenvalue weighted by Gasteiger charge is 2.49. The van der Waals surface area contributed by atoms with E-state index in [0.717, 1.165) is 34.1 Å². The minimum atomic E-state index is -0.329. The molecule has 0 amide bonds. The van der Waals surface area contributed by atoms with Crippen LogP contribution in [0.5, 0.6) is 0 Å². The fourth-order valence-corrected chi connectivity index (χ4v) is 10.6. The summed E-state index contributed by atoms with van der Waals surface area (Å²) in [6.07, 6.45) is 0. The van der Waals surface area contributed by atoms with E-state index in [1.54, 1.807) is 0 Å². The lowest BCUT2D eigenvalue weighted by Gasteiger charge is -2.33. The lowest BCUT2D eigenvalue weighted by atomic mass is 9.70. The smallest absolute Gasteiger partial charge is 0.0465 e. The van der Waals surface area contributed by atoms with Crippen molar-refractivity contribution in [1.29, 1.82) is 0 Å². The van der Waals surface area contributed by atoms with Crippen LogP contribution in [0.1, 0.15) is 49.9 Å². The van der Waals surface area contributed by atoms with E-state index in [0.29, 0.717) is 0 Å². The number of hydrogen-bond donors (Lipinski definition) is 0. The van der Waals surface area contributed by atoms with Crippen LogP contribution in [0.4, 0.5) is 34.1 Å². The standard InChI is InChI=1S/C60H48N2/c1-59(2)51-39-47(61(43-27-15-7-16-28-43)44-29-17-8-18-30-44)35-37-49(51)55-53(41-23-11-5-12-24-41)54(42-25-13-6-14-26-42)56-50-38-36-48(40-52(50)60(3,4)58(56)57(55)59)62(45-31-19-9-20-32-45)46-33-21-10-22-34-46/h5-40H,1-4H3. The Bertz CT molecular complexity index is 2790. The fourth-order valence-electron chi connectivity index (χ4n) is 10.6. The Hall–Kier alpha value is -7.42. The van der Waals surface area contributed by atoms with E-state index >= 15 is 0 Å². The lowest BCUT2D eigenvalue weighted by molar-refractivity contribution is 0.601. The van der Waals surface area contributed by atoms with Crippen LogP contribution in [0.2, 0.25) is 0 Å². The second-order valence-corrected chi connectivity index (χ2v) is 17.7. The summed E-state index contributed by atoms with van der Waals surface area (Å²) in [6.45, 7) is 9.85. The second-order valence-electron chi connectivity index (χ2n) is 17.7. The molecule has 11 rings (SSSR count). The van der Waals surface area contributed by atoms with Gasteiger partial charge < -0.3 is 9.80 Å². The average molecular weight is 797 g/mol. The second kappa shape index (κ2) is 14.6. The van der Waals surface area contributed by atoms with Gasteiger partial charge in [0.05, 0.1) is 0 Å². The van der Waals surface area contributed by atoms with Crippen LogP contribution in [-0.2, 0) is 10.8 Å². The largest absolute Gasteiger partial charge is 0.310 e. The fraction of sp³-hybridized carbons (Fsp3) is 0.100. The summed E-state index contributed by atoms with van der Waals surface area (Å²) in [5.74, 6) is 0. The van der Waals surface area contributed by atoms with E-state index in [1.165, 1.54) is 66.8 Å². The molecule has 0 radical (unpaired) electrons. The molecule has 0 atom stereocenters. The van der Waals surface area contributed by atoms with Crippen LogP contribution in [-0.4, -0.2) is 0 Å². The molecule has 0 saturated heterocycles. The summed E-state index contributed by atoms with van der Waals surface area (Å²) in [7, 11) is 0. The zero-order valence-electron chi connectivity index (χ0n) is 35.7. The van der Waals surface area contributed by atoms with Crippen molar-refractivity contribution in [3.8, 4) is 44.5 Å². The zero-order valence-corrected chi connectivity index (χ0v) is 35.7. The van der Waals surface area contributed by atoms with Crippen molar-refractivity contribution in [2.45, 2.75) is 38.5 Å². The van der Waals surface area contributed by atoms with Gasteiger partial charge in [-0.05, 0) is 140 Å². The molecule has 2 aliphatic rings. The van der Waals surface area contributed by atoms with Crippen molar-refractivity contribution in [3.63, 3.8) is 0 Å². The predicted molar refractivity (Wildman–Crippen MR) is 262 cm³/mol. The van der Waals surface area contributed by atoms with Gasteiger partial charge in [0.1, 0.15) is 0 Å². The maximum atomic E-state index is 2.48. The van der Waals surface area contributed by atoms with Gasteiger partial charge in [0.15, 0.2) is 0 Å². The van der Waals surface area contributed by atoms with Gasteiger partial charge in [-0.3, -0.25) is 0 Å². The van der Waals surface area contributed by atoms with Crippen molar-refractivity contribution < 1.29 is 0 Å². The van der Waals surface area contributed by atoms with Gasteiger partial charge in [0.25, 0.3) is 0 Å². The molecule has 0 N–H and O–H groups in total. The van der Waals surface area contributed by atoms with Crippen LogP contribution in [0.15, 0.2) is 218 Å². The van der Waals surface area contributed by atoms with Crippen LogP contribution in [0.25, 0.3) is 44.5 Å². The minimum Gasteiger partial charge on any atom is -0.310 e. The maximum Gasteiger partial charge on any atom is 0.0465 e. The molecule has 62 heavy (non-hydrogen) atoms. The molecule has 9 aromatic carbocycles. The summed E-state index contributed by atoms with van der Waals surface area (Å²) in [5, 5.41) is 0. The third-order valence-electron chi connectivity index (χ3n) is 13.3. The average Bonchev–Trinajstić information content (AvgIpc) is 3.69. The maximum absolute atomic E-state index is 2.48. The summed E-state index contributed by atoms with van der Waals surface area (Å²) >= 11 is 0. The number of hydrogen-bond acceptors (Lipinski definition) is 2. The molecule has 2 aliphatic carbocycles. The van der Waals surface area contributed by atoms with Gasteiger partial charge in [-0.2, -0.15) is 0 Å². The van der Waals surface area contributed by atoms with E-state index in [1.807, 2.05) is 0 Å². The predicted octanol–water partition coefficient (Wildman–Crippen LogP) is 16.6. The highest BCUT2D eigenvalue weighted by Crippen LogP contribution is 2.65. The van der Waals surface area contributed by atoms with E-state index in [-0.39, 0.29) is 10.8 Å². The molecule has 0 heterocycles. The molecule has 0 saturated carbocycles. The molecular weight excluding hydrogens is 749 g/mol. The summed E-state index contributed by atoms with van der Waals surface area (Å²) in [5.41, 5.74) is 22.1. The zero-order chi connectivity index (χ0) is 42.0. The Balaban J connectivity index is 1.20. The molecular formula is C60H48N2. The first-order chi connectivity index (χ1) is 30.3. The van der Waals surface area contributed by atoms with E-state index in [2.05, 4.69) is 256 Å². The number of rotatable bonds is 8. The van der Waals surface area contributed by atoms with Gasteiger partial charge in [-0.1, -0.05) is 173 Å². The summed E-state index contributed by atoms with van der Waals surface area (Å²) in [4.78, 5) is 4.79. The van der Waals surface area contributed by atoms with Gasteiger partial charge in [-0.25, -0.2) is 0 Å². The van der Waals surface area contributed by atoms with E-state index < -0.39 is 0 Å². The quantitative estimate of drug-likeness (QED) is 0.151. The molecule has 0 fully saturated rings. The molecule has 9 aromatic rings. The molecule has 298 valence electrons. The van der Waals surface area contributed by atoms with Gasteiger partial charge >= 0.3 is 0 Å². The Morgan fingerprint density at radius 2 is 0.548 bits per heavy atom. The van der Waals surface area contributed by atoms with Crippen LogP contribution >= 0.6 is 0 Å². The first kappa shape index (κ1) is 37.6. The molecule has 0 aliphatic heterocycles. The third kappa shape index (κ3) is 5.85. The van der Waals surface area contributed by atoms with Crippen LogP contribution < -0.4 is 9.80 Å². The molecule has 2 nitrogen and oxygen atoms in total.